The van der Waals surface area contributed by atoms with Crippen LogP contribution in [0.25, 0.3) is 11.0 Å². The molecule has 24 heavy (non-hydrogen) atoms. The predicted molar refractivity (Wildman–Crippen MR) is 89.7 cm³/mol. The van der Waals surface area contributed by atoms with E-state index >= 15 is 0 Å². The van der Waals surface area contributed by atoms with E-state index in [1.165, 1.54) is 6.92 Å². The Morgan fingerprint density at radius 3 is 2.58 bits per heavy atom. The molecule has 1 heterocycles. The average molecular weight is 333 g/mol. The van der Waals surface area contributed by atoms with Gasteiger partial charge >= 0.3 is 5.97 Å². The number of fused-ring (bicyclic) bond motifs is 1. The summed E-state index contributed by atoms with van der Waals surface area (Å²) in [4.78, 5) is 24.4. The molecule has 0 saturated carbocycles. The van der Waals surface area contributed by atoms with Crippen molar-refractivity contribution in [2.45, 2.75) is 33.5 Å². The van der Waals surface area contributed by atoms with Crippen LogP contribution in [-0.4, -0.2) is 31.6 Å². The van der Waals surface area contributed by atoms with Gasteiger partial charge in [0.1, 0.15) is 5.58 Å². The number of carbonyl (C=O) groups excluding carboxylic acids is 2. The minimum Gasteiger partial charge on any atom is -0.449 e. The Hall–Kier alpha value is -2.34. The number of benzene rings is 1. The number of rotatable bonds is 7. The van der Waals surface area contributed by atoms with E-state index in [1.807, 2.05) is 32.0 Å². The van der Waals surface area contributed by atoms with Crippen LogP contribution in [0.15, 0.2) is 28.7 Å². The van der Waals surface area contributed by atoms with Gasteiger partial charge in [0.2, 0.25) is 5.76 Å². The number of carbonyl (C=O) groups is 2. The zero-order valence-electron chi connectivity index (χ0n) is 14.4. The molecule has 0 aliphatic heterocycles. The van der Waals surface area contributed by atoms with Gasteiger partial charge in [0, 0.05) is 24.6 Å². The highest BCUT2D eigenvalue weighted by molar-refractivity contribution is 5.97. The van der Waals surface area contributed by atoms with Gasteiger partial charge in [-0.2, -0.15) is 0 Å². The molecule has 6 nitrogen and oxygen atoms in total. The summed E-state index contributed by atoms with van der Waals surface area (Å²) in [5.41, 5.74) is 1.20. The fourth-order valence-corrected chi connectivity index (χ4v) is 2.27. The second kappa shape index (κ2) is 7.97. The van der Waals surface area contributed by atoms with Gasteiger partial charge in [-0.05, 0) is 18.9 Å². The lowest BCUT2D eigenvalue weighted by molar-refractivity contribution is -0.129. The van der Waals surface area contributed by atoms with Crippen molar-refractivity contribution in [3.8, 4) is 0 Å². The highest BCUT2D eigenvalue weighted by Gasteiger charge is 2.25. The highest BCUT2D eigenvalue weighted by Crippen LogP contribution is 2.27. The first-order valence-corrected chi connectivity index (χ1v) is 7.92. The van der Waals surface area contributed by atoms with Gasteiger partial charge < -0.3 is 19.2 Å². The lowest BCUT2D eigenvalue weighted by Gasteiger charge is -2.14. The van der Waals surface area contributed by atoms with E-state index < -0.39 is 12.1 Å². The number of methoxy groups -OCH3 is 1. The smallest absolute Gasteiger partial charge is 0.375 e. The topological polar surface area (TPSA) is 77.8 Å². The Balaban J connectivity index is 2.16. The number of para-hydroxylation sites is 1. The van der Waals surface area contributed by atoms with Crippen molar-refractivity contribution in [1.29, 1.82) is 0 Å². The maximum atomic E-state index is 12.4. The van der Waals surface area contributed by atoms with E-state index in [1.54, 1.807) is 13.2 Å². The zero-order chi connectivity index (χ0) is 17.7. The molecular weight excluding hydrogens is 310 g/mol. The van der Waals surface area contributed by atoms with Crippen LogP contribution in [0.5, 0.6) is 0 Å². The van der Waals surface area contributed by atoms with E-state index in [0.717, 1.165) is 5.39 Å². The Morgan fingerprint density at radius 2 is 1.92 bits per heavy atom. The third kappa shape index (κ3) is 4.14. The van der Waals surface area contributed by atoms with Crippen LogP contribution in [0.1, 0.15) is 36.9 Å². The van der Waals surface area contributed by atoms with Gasteiger partial charge in [0.05, 0.1) is 6.61 Å². The third-order valence-corrected chi connectivity index (χ3v) is 3.51. The molecule has 0 bridgehead atoms. The Bertz CT molecular complexity index is 719. The highest BCUT2D eigenvalue weighted by atomic mass is 16.6. The number of amides is 1. The SMILES string of the molecule is COCc1c(C(=O)O[C@@H](C)C(=O)NCC(C)C)oc2ccccc12. The normalized spacial score (nSPS) is 12.4. The van der Waals surface area contributed by atoms with Crippen molar-refractivity contribution >= 4 is 22.8 Å². The van der Waals surface area contributed by atoms with E-state index in [2.05, 4.69) is 5.32 Å². The maximum absolute atomic E-state index is 12.4. The molecule has 0 unspecified atom stereocenters. The van der Waals surface area contributed by atoms with Crippen molar-refractivity contribution in [3.05, 3.63) is 35.6 Å². The lowest BCUT2D eigenvalue weighted by atomic mass is 10.1. The van der Waals surface area contributed by atoms with E-state index in [9.17, 15) is 9.59 Å². The van der Waals surface area contributed by atoms with Crippen LogP contribution in [0.4, 0.5) is 0 Å². The molecule has 0 fully saturated rings. The number of hydrogen-bond acceptors (Lipinski definition) is 5. The van der Waals surface area contributed by atoms with Crippen LogP contribution in [0.3, 0.4) is 0 Å². The molecule has 0 aliphatic rings. The summed E-state index contributed by atoms with van der Waals surface area (Å²) in [5.74, 6) is -0.617. The monoisotopic (exact) mass is 333 g/mol. The molecule has 0 radical (unpaired) electrons. The third-order valence-electron chi connectivity index (χ3n) is 3.51. The maximum Gasteiger partial charge on any atom is 0.375 e. The van der Waals surface area contributed by atoms with Crippen molar-refractivity contribution < 1.29 is 23.5 Å². The number of esters is 1. The summed E-state index contributed by atoms with van der Waals surface area (Å²) in [5, 5.41) is 3.53. The Morgan fingerprint density at radius 1 is 1.21 bits per heavy atom. The second-order valence-electron chi connectivity index (χ2n) is 6.03. The van der Waals surface area contributed by atoms with E-state index in [-0.39, 0.29) is 18.3 Å². The molecule has 0 saturated heterocycles. The Kier molecular flexibility index (Phi) is 5.98. The summed E-state index contributed by atoms with van der Waals surface area (Å²) in [7, 11) is 1.54. The fraction of sp³-hybridized carbons (Fsp3) is 0.444. The molecule has 1 atom stereocenters. The first kappa shape index (κ1) is 18.0. The molecule has 1 aromatic carbocycles. The number of hydrogen-bond donors (Lipinski definition) is 1. The molecule has 0 aliphatic carbocycles. The number of ether oxygens (including phenoxy) is 2. The molecule has 1 aromatic heterocycles. The van der Waals surface area contributed by atoms with Crippen molar-refractivity contribution in [3.63, 3.8) is 0 Å². The van der Waals surface area contributed by atoms with Crippen LogP contribution in [0.2, 0.25) is 0 Å². The minimum atomic E-state index is -0.903. The largest absolute Gasteiger partial charge is 0.449 e. The summed E-state index contributed by atoms with van der Waals surface area (Å²) in [6.07, 6.45) is -0.903. The quantitative estimate of drug-likeness (QED) is 0.788. The fourth-order valence-electron chi connectivity index (χ4n) is 2.27. The molecule has 130 valence electrons. The van der Waals surface area contributed by atoms with Crippen LogP contribution < -0.4 is 5.32 Å². The molecule has 2 aromatic rings. The van der Waals surface area contributed by atoms with Crippen LogP contribution in [0, 0.1) is 5.92 Å². The van der Waals surface area contributed by atoms with E-state index in [4.69, 9.17) is 13.9 Å². The van der Waals surface area contributed by atoms with Crippen molar-refractivity contribution in [2.24, 2.45) is 5.92 Å². The van der Waals surface area contributed by atoms with Gasteiger partial charge in [0.25, 0.3) is 5.91 Å². The van der Waals surface area contributed by atoms with Gasteiger partial charge in [-0.3, -0.25) is 4.79 Å². The molecule has 2 rings (SSSR count). The zero-order valence-corrected chi connectivity index (χ0v) is 14.4. The Labute approximate surface area is 141 Å². The molecule has 1 amide bonds. The second-order valence-corrected chi connectivity index (χ2v) is 6.03. The van der Waals surface area contributed by atoms with Crippen molar-refractivity contribution in [1.82, 2.24) is 5.32 Å². The molecule has 6 heteroatoms. The van der Waals surface area contributed by atoms with Gasteiger partial charge in [-0.15, -0.1) is 0 Å². The summed E-state index contributed by atoms with van der Waals surface area (Å²) < 4.78 is 16.0. The van der Waals surface area contributed by atoms with Crippen LogP contribution in [-0.2, 0) is 20.9 Å². The van der Waals surface area contributed by atoms with E-state index in [0.29, 0.717) is 23.6 Å². The standard InChI is InChI=1S/C18H23NO5/c1-11(2)9-19-17(20)12(3)23-18(21)16-14(10-22-4)13-7-5-6-8-15(13)24-16/h5-8,11-12H,9-10H2,1-4H3,(H,19,20)/t12-/m0/s1. The molecule has 0 spiro atoms. The first-order valence-electron chi connectivity index (χ1n) is 7.92. The van der Waals surface area contributed by atoms with Crippen LogP contribution >= 0.6 is 0 Å². The van der Waals surface area contributed by atoms with Crippen molar-refractivity contribution in [2.75, 3.05) is 13.7 Å². The average Bonchev–Trinajstić information content (AvgIpc) is 2.92. The summed E-state index contributed by atoms with van der Waals surface area (Å²) in [6.45, 7) is 6.26. The molecular formula is C18H23NO5. The molecule has 1 N–H and O–H groups in total. The predicted octanol–water partition coefficient (Wildman–Crippen LogP) is 2.90. The van der Waals surface area contributed by atoms with Gasteiger partial charge in [0.15, 0.2) is 6.10 Å². The summed E-state index contributed by atoms with van der Waals surface area (Å²) in [6, 6.07) is 7.29. The number of furan rings is 1. The number of nitrogens with one attached hydrogen (secondary N) is 1. The first-order chi connectivity index (χ1) is 11.4. The lowest BCUT2D eigenvalue weighted by Crippen LogP contribution is -2.37. The van der Waals surface area contributed by atoms with Gasteiger partial charge in [-0.25, -0.2) is 4.79 Å². The summed E-state index contributed by atoms with van der Waals surface area (Å²) >= 11 is 0. The van der Waals surface area contributed by atoms with Gasteiger partial charge in [-0.1, -0.05) is 32.0 Å². The minimum absolute atomic E-state index is 0.0709.